The number of hydrogen-bond donors (Lipinski definition) is 1. The van der Waals surface area contributed by atoms with Crippen LogP contribution in [0.5, 0.6) is 0 Å². The fraction of sp³-hybridized carbons (Fsp3) is 0.400. The van der Waals surface area contributed by atoms with Crippen molar-refractivity contribution in [1.29, 1.82) is 0 Å². The molecule has 0 radical (unpaired) electrons. The summed E-state index contributed by atoms with van der Waals surface area (Å²) in [4.78, 5) is 0.354. The van der Waals surface area contributed by atoms with Gasteiger partial charge in [0.2, 0.25) is 0 Å². The predicted octanol–water partition coefficient (Wildman–Crippen LogP) is 0.500. The lowest BCUT2D eigenvalue weighted by Gasteiger charge is -2.07. The van der Waals surface area contributed by atoms with Crippen molar-refractivity contribution >= 4 is 38.1 Å². The van der Waals surface area contributed by atoms with Crippen LogP contribution < -0.4 is 5.01 Å². The zero-order chi connectivity index (χ0) is 6.69. The normalized spacial score (nSPS) is 27.1. The van der Waals surface area contributed by atoms with E-state index < -0.39 is 0 Å². The Morgan fingerprint density at radius 1 is 1.67 bits per heavy atom. The number of rotatable bonds is 2. The zero-order valence-electron chi connectivity index (χ0n) is 4.72. The minimum atomic E-state index is 0.354. The van der Waals surface area contributed by atoms with E-state index in [2.05, 4.69) is 37.0 Å². The van der Waals surface area contributed by atoms with Crippen molar-refractivity contribution in [3.05, 3.63) is 12.3 Å². The third-order valence-electron chi connectivity index (χ3n) is 1.03. The molecule has 0 aromatic rings. The molecule has 2 nitrogen and oxygen atoms in total. The molecule has 0 aromatic carbocycles. The van der Waals surface area contributed by atoms with Crippen LogP contribution in [0.3, 0.4) is 0 Å². The lowest BCUT2D eigenvalue weighted by molar-refractivity contribution is -0.857. The molecule has 0 bridgehead atoms. The summed E-state index contributed by atoms with van der Waals surface area (Å²) in [5, 5.41) is 6.11. The van der Waals surface area contributed by atoms with Crippen molar-refractivity contribution in [3.8, 4) is 0 Å². The van der Waals surface area contributed by atoms with Crippen LogP contribution in [-0.4, -0.2) is 16.5 Å². The standard InChI is InChI=1S/C5H6Br2N2/c6-4-5(7)9-3-1-2-8-9/h1-3,5H,4H2/p+1. The van der Waals surface area contributed by atoms with Gasteiger partial charge in [0.1, 0.15) is 6.20 Å². The van der Waals surface area contributed by atoms with Crippen LogP contribution in [-0.2, 0) is 0 Å². The maximum atomic E-state index is 4.11. The number of halogens is 2. The molecule has 0 saturated carbocycles. The molecule has 2 atom stereocenters. The average molecular weight is 255 g/mol. The SMILES string of the molecule is BrCC(Br)[NH+]1C=CC=N1. The Balaban J connectivity index is 2.43. The van der Waals surface area contributed by atoms with Gasteiger partial charge < -0.3 is 0 Å². The van der Waals surface area contributed by atoms with Gasteiger partial charge >= 0.3 is 0 Å². The third-order valence-corrected chi connectivity index (χ3v) is 3.34. The van der Waals surface area contributed by atoms with Crippen molar-refractivity contribution in [3.63, 3.8) is 0 Å². The van der Waals surface area contributed by atoms with Gasteiger partial charge in [-0.25, -0.2) is 0 Å². The quantitative estimate of drug-likeness (QED) is 0.546. The molecule has 1 heterocycles. The number of alkyl halides is 2. The molecule has 1 aliphatic rings. The van der Waals surface area contributed by atoms with E-state index in [9.17, 15) is 0 Å². The van der Waals surface area contributed by atoms with Gasteiger partial charge in [-0.3, -0.25) is 0 Å². The Labute approximate surface area is 70.9 Å². The zero-order valence-corrected chi connectivity index (χ0v) is 7.89. The minimum Gasteiger partial charge on any atom is -0.171 e. The number of hydrogen-bond acceptors (Lipinski definition) is 1. The lowest BCUT2D eigenvalue weighted by Crippen LogP contribution is -3.05. The van der Waals surface area contributed by atoms with Gasteiger partial charge in [0.25, 0.3) is 0 Å². The molecule has 50 valence electrons. The minimum absolute atomic E-state index is 0.354. The Bertz CT molecular complexity index is 132. The largest absolute Gasteiger partial charge is 0.180 e. The van der Waals surface area contributed by atoms with Crippen molar-refractivity contribution in [1.82, 2.24) is 0 Å². The summed E-state index contributed by atoms with van der Waals surface area (Å²) in [5.74, 6) is 0. The fourth-order valence-electron chi connectivity index (χ4n) is 0.578. The van der Waals surface area contributed by atoms with Crippen LogP contribution in [0.2, 0.25) is 0 Å². The van der Waals surface area contributed by atoms with Crippen LogP contribution in [0, 0.1) is 0 Å². The molecule has 9 heavy (non-hydrogen) atoms. The molecule has 2 unspecified atom stereocenters. The summed E-state index contributed by atoms with van der Waals surface area (Å²) in [7, 11) is 0. The summed E-state index contributed by atoms with van der Waals surface area (Å²) in [6.45, 7) is 0. The van der Waals surface area contributed by atoms with Gasteiger partial charge in [-0.2, -0.15) is 5.01 Å². The molecular weight excluding hydrogens is 248 g/mol. The van der Waals surface area contributed by atoms with E-state index in [4.69, 9.17) is 0 Å². The number of nitrogens with zero attached hydrogens (tertiary/aromatic N) is 1. The number of nitrogens with one attached hydrogen (secondary N) is 1. The first-order valence-electron chi connectivity index (χ1n) is 2.62. The highest BCUT2D eigenvalue weighted by atomic mass is 79.9. The maximum Gasteiger partial charge on any atom is 0.180 e. The van der Waals surface area contributed by atoms with Gasteiger partial charge in [-0.15, -0.1) is 0 Å². The van der Waals surface area contributed by atoms with Crippen molar-refractivity contribution in [2.75, 3.05) is 5.33 Å². The van der Waals surface area contributed by atoms with E-state index in [1.807, 2.05) is 12.3 Å². The summed E-state index contributed by atoms with van der Waals surface area (Å²) < 4.78 is 0. The van der Waals surface area contributed by atoms with Crippen LogP contribution in [0.4, 0.5) is 0 Å². The molecule has 1 rings (SSSR count). The highest BCUT2D eigenvalue weighted by molar-refractivity contribution is 9.12. The molecule has 4 heteroatoms. The first kappa shape index (κ1) is 7.44. The average Bonchev–Trinajstić information content (AvgIpc) is 2.37. The van der Waals surface area contributed by atoms with E-state index >= 15 is 0 Å². The fourth-order valence-corrected chi connectivity index (χ4v) is 1.18. The molecule has 0 aliphatic carbocycles. The van der Waals surface area contributed by atoms with Crippen LogP contribution in [0.1, 0.15) is 0 Å². The Morgan fingerprint density at radius 2 is 2.44 bits per heavy atom. The predicted molar refractivity (Wildman–Crippen MR) is 45.1 cm³/mol. The second-order valence-corrected chi connectivity index (χ2v) is 3.44. The number of quaternary nitrogens is 1. The maximum absolute atomic E-state index is 4.11. The topological polar surface area (TPSA) is 16.8 Å². The van der Waals surface area contributed by atoms with Crippen LogP contribution in [0.25, 0.3) is 0 Å². The summed E-state index contributed by atoms with van der Waals surface area (Å²) >= 11 is 6.80. The monoisotopic (exact) mass is 253 g/mol. The molecule has 0 fully saturated rings. The third kappa shape index (κ3) is 1.88. The molecule has 0 spiro atoms. The Morgan fingerprint density at radius 3 is 2.89 bits per heavy atom. The molecule has 1 aliphatic heterocycles. The van der Waals surface area contributed by atoms with Crippen molar-refractivity contribution in [2.45, 2.75) is 4.95 Å². The van der Waals surface area contributed by atoms with E-state index in [1.165, 1.54) is 0 Å². The summed E-state index contributed by atoms with van der Waals surface area (Å²) in [6, 6.07) is 0. The van der Waals surface area contributed by atoms with Gasteiger partial charge in [-0.05, 0) is 15.9 Å². The van der Waals surface area contributed by atoms with Gasteiger partial charge in [-0.1, -0.05) is 21.0 Å². The molecule has 0 aromatic heterocycles. The molecule has 1 N–H and O–H groups in total. The highest BCUT2D eigenvalue weighted by Gasteiger charge is 2.15. The lowest BCUT2D eigenvalue weighted by atomic mass is 10.6. The Hall–Kier alpha value is 0.330. The van der Waals surface area contributed by atoms with E-state index in [0.717, 1.165) is 10.3 Å². The highest BCUT2D eigenvalue weighted by Crippen LogP contribution is 1.95. The second kappa shape index (κ2) is 3.49. The van der Waals surface area contributed by atoms with Crippen LogP contribution >= 0.6 is 31.9 Å². The molecule has 0 amide bonds. The first-order chi connectivity index (χ1) is 4.34. The van der Waals surface area contributed by atoms with Crippen molar-refractivity contribution in [2.24, 2.45) is 5.10 Å². The summed E-state index contributed by atoms with van der Waals surface area (Å²) in [5.41, 5.74) is 0. The van der Waals surface area contributed by atoms with Gasteiger partial charge in [0, 0.05) is 6.08 Å². The molecular formula is C5H7Br2N2+. The van der Waals surface area contributed by atoms with Gasteiger partial charge in [0.15, 0.2) is 4.95 Å². The van der Waals surface area contributed by atoms with E-state index in [0.29, 0.717) is 4.95 Å². The summed E-state index contributed by atoms with van der Waals surface area (Å²) in [6.07, 6.45) is 5.74. The van der Waals surface area contributed by atoms with Crippen LogP contribution in [0.15, 0.2) is 17.4 Å². The smallest absolute Gasteiger partial charge is 0.171 e. The van der Waals surface area contributed by atoms with Crippen molar-refractivity contribution < 1.29 is 5.01 Å². The van der Waals surface area contributed by atoms with Gasteiger partial charge in [0.05, 0.1) is 11.5 Å². The van der Waals surface area contributed by atoms with E-state index in [-0.39, 0.29) is 0 Å². The Kier molecular flexibility index (Phi) is 2.88. The molecule has 0 saturated heterocycles. The first-order valence-corrected chi connectivity index (χ1v) is 4.66. The number of allylic oxidation sites excluding steroid dienone is 1. The second-order valence-electron chi connectivity index (χ2n) is 1.68. The van der Waals surface area contributed by atoms with E-state index in [1.54, 1.807) is 6.21 Å².